The number of carbonyl (C=O) groups excluding carboxylic acids is 2. The van der Waals surface area contributed by atoms with Crippen LogP contribution < -0.4 is 4.74 Å². The van der Waals surface area contributed by atoms with Gasteiger partial charge in [0, 0.05) is 6.92 Å². The van der Waals surface area contributed by atoms with E-state index >= 15 is 0 Å². The van der Waals surface area contributed by atoms with Gasteiger partial charge in [0.25, 0.3) is 0 Å². The van der Waals surface area contributed by atoms with E-state index in [2.05, 4.69) is 4.74 Å². The lowest BCUT2D eigenvalue weighted by molar-refractivity contribution is -0.385. The first-order chi connectivity index (χ1) is 7.06. The van der Waals surface area contributed by atoms with Crippen molar-refractivity contribution in [2.45, 2.75) is 6.92 Å². The van der Waals surface area contributed by atoms with Crippen molar-refractivity contribution in [2.24, 2.45) is 0 Å². The molecule has 1 aromatic rings. The highest BCUT2D eigenvalue weighted by Gasteiger charge is 2.21. The lowest BCUT2D eigenvalue weighted by atomic mass is 10.2. The van der Waals surface area contributed by atoms with Gasteiger partial charge in [0.2, 0.25) is 5.75 Å². The summed E-state index contributed by atoms with van der Waals surface area (Å²) in [4.78, 5) is 31.1. The predicted octanol–water partition coefficient (Wildman–Crippen LogP) is 1.33. The zero-order chi connectivity index (χ0) is 11.4. The highest BCUT2D eigenvalue weighted by atomic mass is 16.6. The molecule has 0 amide bonds. The molecule has 0 heterocycles. The lowest BCUT2D eigenvalue weighted by Gasteiger charge is -2.03. The van der Waals surface area contributed by atoms with Crippen LogP contribution in [0.1, 0.15) is 17.3 Å². The van der Waals surface area contributed by atoms with Crippen LogP contribution in [0.4, 0.5) is 5.69 Å². The van der Waals surface area contributed by atoms with E-state index < -0.39 is 16.6 Å². The molecule has 6 nitrogen and oxygen atoms in total. The van der Waals surface area contributed by atoms with Crippen molar-refractivity contribution in [3.8, 4) is 5.75 Å². The molecule has 0 unspecified atom stereocenters. The molecule has 0 fully saturated rings. The van der Waals surface area contributed by atoms with Gasteiger partial charge >= 0.3 is 11.7 Å². The van der Waals surface area contributed by atoms with Crippen LogP contribution in [0.15, 0.2) is 18.2 Å². The van der Waals surface area contributed by atoms with Gasteiger partial charge in [-0.2, -0.15) is 0 Å². The Bertz CT molecular complexity index is 427. The summed E-state index contributed by atoms with van der Waals surface area (Å²) in [5.74, 6) is -0.904. The van der Waals surface area contributed by atoms with Crippen LogP contribution in [0.5, 0.6) is 5.75 Å². The van der Waals surface area contributed by atoms with Gasteiger partial charge in [-0.3, -0.25) is 19.7 Å². The number of carbonyl (C=O) groups is 2. The zero-order valence-electron chi connectivity index (χ0n) is 7.80. The maximum Gasteiger partial charge on any atom is 0.322 e. The molecule has 78 valence electrons. The van der Waals surface area contributed by atoms with Crippen molar-refractivity contribution in [3.05, 3.63) is 33.9 Å². The molecule has 0 spiro atoms. The Kier molecular flexibility index (Phi) is 3.12. The summed E-state index contributed by atoms with van der Waals surface area (Å²) in [6.45, 7) is 1.12. The fourth-order valence-corrected chi connectivity index (χ4v) is 1.07. The van der Waals surface area contributed by atoms with Gasteiger partial charge in [-0.1, -0.05) is 6.07 Å². The van der Waals surface area contributed by atoms with Crippen molar-refractivity contribution in [1.82, 2.24) is 0 Å². The molecule has 15 heavy (non-hydrogen) atoms. The van der Waals surface area contributed by atoms with E-state index in [4.69, 9.17) is 0 Å². The molecular weight excluding hydrogens is 202 g/mol. The number of rotatable bonds is 3. The monoisotopic (exact) mass is 209 g/mol. The molecule has 0 saturated carbocycles. The third-order valence-electron chi connectivity index (χ3n) is 1.59. The van der Waals surface area contributed by atoms with E-state index in [1.807, 2.05) is 0 Å². The molecule has 0 aromatic heterocycles. The quantitative estimate of drug-likeness (QED) is 0.246. The highest BCUT2D eigenvalue weighted by molar-refractivity contribution is 5.84. The van der Waals surface area contributed by atoms with Gasteiger partial charge in [0.1, 0.15) is 0 Å². The molecule has 0 bridgehead atoms. The molecule has 0 aliphatic heterocycles. The van der Waals surface area contributed by atoms with Gasteiger partial charge in [-0.05, 0) is 12.1 Å². The topological polar surface area (TPSA) is 86.5 Å². The van der Waals surface area contributed by atoms with Crippen molar-refractivity contribution < 1.29 is 19.2 Å². The Morgan fingerprint density at radius 3 is 2.67 bits per heavy atom. The second-order valence-corrected chi connectivity index (χ2v) is 2.66. The van der Waals surface area contributed by atoms with Gasteiger partial charge in [0.05, 0.1) is 10.5 Å². The molecule has 1 rings (SSSR count). The average Bonchev–Trinajstić information content (AvgIpc) is 2.15. The Balaban J connectivity index is 3.31. The zero-order valence-corrected chi connectivity index (χ0v) is 7.80. The Labute approximate surface area is 84.6 Å². The van der Waals surface area contributed by atoms with E-state index in [0.29, 0.717) is 6.29 Å². The second kappa shape index (κ2) is 4.32. The summed E-state index contributed by atoms with van der Waals surface area (Å²) in [5, 5.41) is 10.6. The summed E-state index contributed by atoms with van der Waals surface area (Å²) < 4.78 is 4.61. The van der Waals surface area contributed by atoms with E-state index in [9.17, 15) is 19.7 Å². The number of nitrogens with zero attached hydrogens (tertiary/aromatic N) is 1. The number of aldehydes is 1. The maximum atomic E-state index is 10.7. The summed E-state index contributed by atoms with van der Waals surface area (Å²) >= 11 is 0. The molecule has 0 radical (unpaired) electrons. The summed E-state index contributed by atoms with van der Waals surface area (Å²) in [7, 11) is 0. The molecule has 0 aliphatic rings. The average molecular weight is 209 g/mol. The smallest absolute Gasteiger partial charge is 0.322 e. The molecule has 0 saturated heterocycles. The number of nitro benzene ring substituents is 1. The Morgan fingerprint density at radius 2 is 2.20 bits per heavy atom. The van der Waals surface area contributed by atoms with Crippen LogP contribution >= 0.6 is 0 Å². The van der Waals surface area contributed by atoms with Gasteiger partial charge in [-0.15, -0.1) is 0 Å². The van der Waals surface area contributed by atoms with Crippen LogP contribution in [-0.4, -0.2) is 17.2 Å². The number of hydrogen-bond donors (Lipinski definition) is 0. The van der Waals surface area contributed by atoms with E-state index in [0.717, 1.165) is 6.92 Å². The van der Waals surface area contributed by atoms with E-state index in [1.54, 1.807) is 0 Å². The van der Waals surface area contributed by atoms with Crippen LogP contribution in [0, 0.1) is 10.1 Å². The first-order valence-electron chi connectivity index (χ1n) is 3.97. The largest absolute Gasteiger partial charge is 0.419 e. The van der Waals surface area contributed by atoms with E-state index in [-0.39, 0.29) is 11.3 Å². The van der Waals surface area contributed by atoms with Gasteiger partial charge in [-0.25, -0.2) is 0 Å². The number of hydrogen-bond acceptors (Lipinski definition) is 5. The van der Waals surface area contributed by atoms with Crippen LogP contribution in [0.2, 0.25) is 0 Å². The maximum absolute atomic E-state index is 10.7. The molecule has 6 heteroatoms. The molecule has 0 atom stereocenters. The van der Waals surface area contributed by atoms with Gasteiger partial charge < -0.3 is 4.74 Å². The predicted molar refractivity (Wildman–Crippen MR) is 49.8 cm³/mol. The summed E-state index contributed by atoms with van der Waals surface area (Å²) in [5.41, 5.74) is -0.624. The van der Waals surface area contributed by atoms with Crippen LogP contribution in [0.25, 0.3) is 0 Å². The van der Waals surface area contributed by atoms with Crippen LogP contribution in [-0.2, 0) is 4.79 Å². The number of ether oxygens (including phenoxy) is 1. The van der Waals surface area contributed by atoms with E-state index in [1.165, 1.54) is 18.2 Å². The third-order valence-corrected chi connectivity index (χ3v) is 1.59. The van der Waals surface area contributed by atoms with Crippen LogP contribution in [0.3, 0.4) is 0 Å². The molecule has 0 N–H and O–H groups in total. The molecular formula is C9H7NO5. The molecule has 0 aliphatic carbocycles. The first kappa shape index (κ1) is 10.8. The fourth-order valence-electron chi connectivity index (χ4n) is 1.07. The van der Waals surface area contributed by atoms with Crippen molar-refractivity contribution in [2.75, 3.05) is 0 Å². The minimum Gasteiger partial charge on any atom is -0.419 e. The second-order valence-electron chi connectivity index (χ2n) is 2.66. The number of nitro groups is 1. The third kappa shape index (κ3) is 2.37. The van der Waals surface area contributed by atoms with Crippen molar-refractivity contribution in [1.29, 1.82) is 0 Å². The first-order valence-corrected chi connectivity index (χ1v) is 3.97. The summed E-state index contributed by atoms with van der Waals surface area (Å²) in [6, 6.07) is 3.93. The fraction of sp³-hybridized carbons (Fsp3) is 0.111. The highest BCUT2D eigenvalue weighted by Crippen LogP contribution is 2.29. The molecule has 1 aromatic carbocycles. The SMILES string of the molecule is CC(=O)Oc1cccc(C=O)c1[N+](=O)[O-]. The van der Waals surface area contributed by atoms with Crippen molar-refractivity contribution >= 4 is 17.9 Å². The minimum atomic E-state index is -0.762. The van der Waals surface area contributed by atoms with Crippen molar-refractivity contribution in [3.63, 3.8) is 0 Å². The minimum absolute atomic E-state index is 0.126. The number of benzene rings is 1. The number of para-hydroxylation sites is 1. The normalized spacial score (nSPS) is 9.40. The standard InChI is InChI=1S/C9H7NO5/c1-6(12)15-8-4-2-3-7(5-11)9(8)10(13)14/h2-5H,1H3. The van der Waals surface area contributed by atoms with Gasteiger partial charge in [0.15, 0.2) is 6.29 Å². The Morgan fingerprint density at radius 1 is 1.53 bits per heavy atom. The summed E-state index contributed by atoms with van der Waals surface area (Å²) in [6.07, 6.45) is 0.338. The Hall–Kier alpha value is -2.24. The lowest BCUT2D eigenvalue weighted by Crippen LogP contribution is -2.05. The number of esters is 1.